The first-order chi connectivity index (χ1) is 14.8. The van der Waals surface area contributed by atoms with Gasteiger partial charge in [0.15, 0.2) is 0 Å². The van der Waals surface area contributed by atoms with Gasteiger partial charge in [0.1, 0.15) is 12.3 Å². The topological polar surface area (TPSA) is 75.7 Å². The molecule has 162 valence electrons. The van der Waals surface area contributed by atoms with Gasteiger partial charge in [0, 0.05) is 5.69 Å². The number of nitrogens with zero attached hydrogens (tertiary/aromatic N) is 1. The monoisotopic (exact) mass is 446 g/mol. The van der Waals surface area contributed by atoms with Gasteiger partial charge in [0.2, 0.25) is 5.91 Å². The molecule has 0 aliphatic rings. The van der Waals surface area contributed by atoms with Crippen LogP contribution in [0.4, 0.5) is 20.2 Å². The number of aryl methyl sites for hydroxylation is 1. The van der Waals surface area contributed by atoms with Gasteiger partial charge in [-0.25, -0.2) is 8.42 Å². The van der Waals surface area contributed by atoms with Crippen LogP contribution in [-0.4, -0.2) is 27.5 Å². The lowest BCUT2D eigenvalue weighted by molar-refractivity contribution is -0.114. The molecule has 3 aromatic carbocycles. The first-order valence-corrected chi connectivity index (χ1v) is 10.7. The van der Waals surface area contributed by atoms with Crippen molar-refractivity contribution in [2.24, 2.45) is 0 Å². The number of nitrogens with one attached hydrogen (secondary N) is 1. The highest BCUT2D eigenvalue weighted by molar-refractivity contribution is 7.92. The van der Waals surface area contributed by atoms with E-state index < -0.39 is 29.1 Å². The van der Waals surface area contributed by atoms with Crippen molar-refractivity contribution >= 4 is 27.3 Å². The SMILES string of the molecule is Cc1ccc(S(=O)(=O)N(CC(=O)Nc2ccc(OC(F)F)cc2)c2ccccc2)cc1. The first kappa shape index (κ1) is 22.2. The Balaban J connectivity index is 1.82. The van der Waals surface area contributed by atoms with E-state index in [9.17, 15) is 22.0 Å². The molecule has 31 heavy (non-hydrogen) atoms. The maximum atomic E-state index is 13.2. The average Bonchev–Trinajstić information content (AvgIpc) is 2.74. The second-order valence-corrected chi connectivity index (χ2v) is 8.47. The number of rotatable bonds is 8. The third-order valence-electron chi connectivity index (χ3n) is 4.30. The van der Waals surface area contributed by atoms with Crippen molar-refractivity contribution in [3.05, 3.63) is 84.4 Å². The number of carbonyl (C=O) groups excluding carboxylic acids is 1. The number of hydrogen-bond donors (Lipinski definition) is 1. The predicted molar refractivity (Wildman–Crippen MR) is 114 cm³/mol. The van der Waals surface area contributed by atoms with Crippen LogP contribution < -0.4 is 14.4 Å². The minimum atomic E-state index is -4.01. The highest BCUT2D eigenvalue weighted by atomic mass is 32.2. The molecule has 0 spiro atoms. The zero-order valence-corrected chi connectivity index (χ0v) is 17.4. The van der Waals surface area contributed by atoms with Crippen LogP contribution in [0.5, 0.6) is 5.75 Å². The van der Waals surface area contributed by atoms with E-state index in [0.717, 1.165) is 9.87 Å². The number of para-hydroxylation sites is 1. The van der Waals surface area contributed by atoms with E-state index in [4.69, 9.17) is 0 Å². The molecule has 0 saturated carbocycles. The van der Waals surface area contributed by atoms with Crippen molar-refractivity contribution < 1.29 is 26.7 Å². The molecule has 0 heterocycles. The second-order valence-electron chi connectivity index (χ2n) is 6.61. The quantitative estimate of drug-likeness (QED) is 0.556. The number of benzene rings is 3. The second kappa shape index (κ2) is 9.57. The van der Waals surface area contributed by atoms with E-state index in [1.54, 1.807) is 42.5 Å². The van der Waals surface area contributed by atoms with Crippen molar-refractivity contribution in [3.63, 3.8) is 0 Å². The van der Waals surface area contributed by atoms with Gasteiger partial charge < -0.3 is 10.1 Å². The standard InChI is InChI=1S/C22H20F2N2O4S/c1-16-7-13-20(14-8-16)31(28,29)26(18-5-3-2-4-6-18)15-21(27)25-17-9-11-19(12-10-17)30-22(23)24/h2-14,22H,15H2,1H3,(H,25,27). The Kier molecular flexibility index (Phi) is 6.86. The molecule has 1 amide bonds. The molecular formula is C22H20F2N2O4S. The maximum absolute atomic E-state index is 13.2. The number of alkyl halides is 2. The Morgan fingerprint density at radius 2 is 1.58 bits per heavy atom. The molecule has 0 unspecified atom stereocenters. The van der Waals surface area contributed by atoms with Crippen molar-refractivity contribution in [3.8, 4) is 5.75 Å². The lowest BCUT2D eigenvalue weighted by atomic mass is 10.2. The van der Waals surface area contributed by atoms with E-state index in [1.807, 2.05) is 6.92 Å². The lowest BCUT2D eigenvalue weighted by Gasteiger charge is -2.24. The molecule has 0 aromatic heterocycles. The Bertz CT molecular complexity index is 1120. The highest BCUT2D eigenvalue weighted by Gasteiger charge is 2.27. The van der Waals surface area contributed by atoms with Gasteiger partial charge in [0.25, 0.3) is 10.0 Å². The number of anilines is 2. The Labute approximate surface area is 179 Å². The normalized spacial score (nSPS) is 11.2. The van der Waals surface area contributed by atoms with Crippen LogP contribution in [0.25, 0.3) is 0 Å². The predicted octanol–water partition coefficient (Wildman–Crippen LogP) is 4.43. The van der Waals surface area contributed by atoms with Gasteiger partial charge in [-0.1, -0.05) is 35.9 Å². The molecule has 0 saturated heterocycles. The number of ether oxygens (including phenoxy) is 1. The fraction of sp³-hybridized carbons (Fsp3) is 0.136. The third-order valence-corrected chi connectivity index (χ3v) is 6.09. The van der Waals surface area contributed by atoms with Crippen molar-refractivity contribution in [1.82, 2.24) is 0 Å². The summed E-state index contributed by atoms with van der Waals surface area (Å²) in [4.78, 5) is 12.7. The molecule has 9 heteroatoms. The van der Waals surface area contributed by atoms with E-state index in [2.05, 4.69) is 10.1 Å². The first-order valence-electron chi connectivity index (χ1n) is 9.25. The molecule has 0 fully saturated rings. The molecule has 0 aliphatic heterocycles. The fourth-order valence-electron chi connectivity index (χ4n) is 2.80. The molecular weight excluding hydrogens is 426 g/mol. The fourth-order valence-corrected chi connectivity index (χ4v) is 4.22. The van der Waals surface area contributed by atoms with Crippen LogP contribution in [0.1, 0.15) is 5.56 Å². The van der Waals surface area contributed by atoms with Crippen molar-refractivity contribution in [2.45, 2.75) is 18.4 Å². The maximum Gasteiger partial charge on any atom is 0.387 e. The summed E-state index contributed by atoms with van der Waals surface area (Å²) in [7, 11) is -4.01. The summed E-state index contributed by atoms with van der Waals surface area (Å²) in [6.07, 6.45) is 0. The molecule has 0 radical (unpaired) electrons. The number of sulfonamides is 1. The molecule has 1 N–H and O–H groups in total. The zero-order valence-electron chi connectivity index (χ0n) is 16.5. The molecule has 0 aliphatic carbocycles. The molecule has 0 bridgehead atoms. The lowest BCUT2D eigenvalue weighted by Crippen LogP contribution is -2.38. The minimum absolute atomic E-state index is 0.0548. The minimum Gasteiger partial charge on any atom is -0.435 e. The van der Waals surface area contributed by atoms with Crippen LogP contribution >= 0.6 is 0 Å². The van der Waals surface area contributed by atoms with E-state index in [0.29, 0.717) is 11.4 Å². The smallest absolute Gasteiger partial charge is 0.387 e. The summed E-state index contributed by atoms with van der Waals surface area (Å²) in [6.45, 7) is -1.58. The number of hydrogen-bond acceptors (Lipinski definition) is 4. The van der Waals surface area contributed by atoms with Crippen LogP contribution in [-0.2, 0) is 14.8 Å². The number of halogens is 2. The summed E-state index contributed by atoms with van der Waals surface area (Å²) in [5.74, 6) is -0.650. The van der Waals surface area contributed by atoms with Crippen LogP contribution in [0.2, 0.25) is 0 Å². The van der Waals surface area contributed by atoms with Crippen LogP contribution in [0.15, 0.2) is 83.8 Å². The van der Waals surface area contributed by atoms with Gasteiger partial charge in [-0.15, -0.1) is 0 Å². The van der Waals surface area contributed by atoms with E-state index in [1.165, 1.54) is 36.4 Å². The highest BCUT2D eigenvalue weighted by Crippen LogP contribution is 2.24. The van der Waals surface area contributed by atoms with Gasteiger partial charge >= 0.3 is 6.61 Å². The summed E-state index contributed by atoms with van der Waals surface area (Å²) >= 11 is 0. The number of carbonyl (C=O) groups is 1. The van der Waals surface area contributed by atoms with Gasteiger partial charge in [-0.3, -0.25) is 9.10 Å². The Morgan fingerprint density at radius 3 is 2.16 bits per heavy atom. The Morgan fingerprint density at radius 1 is 0.968 bits per heavy atom. The number of amides is 1. The zero-order chi connectivity index (χ0) is 22.4. The molecule has 0 atom stereocenters. The van der Waals surface area contributed by atoms with E-state index in [-0.39, 0.29) is 10.6 Å². The van der Waals surface area contributed by atoms with Gasteiger partial charge in [-0.2, -0.15) is 8.78 Å². The van der Waals surface area contributed by atoms with Gasteiger partial charge in [-0.05, 0) is 55.5 Å². The van der Waals surface area contributed by atoms with Gasteiger partial charge in [0.05, 0.1) is 10.6 Å². The Hall–Kier alpha value is -3.46. The largest absolute Gasteiger partial charge is 0.435 e. The molecule has 6 nitrogen and oxygen atoms in total. The third kappa shape index (κ3) is 5.79. The molecule has 3 aromatic rings. The molecule has 3 rings (SSSR count). The van der Waals surface area contributed by atoms with Crippen LogP contribution in [0, 0.1) is 6.92 Å². The summed E-state index contributed by atoms with van der Waals surface area (Å²) in [6, 6.07) is 19.9. The summed E-state index contributed by atoms with van der Waals surface area (Å²) in [5.41, 5.74) is 1.55. The van der Waals surface area contributed by atoms with Crippen molar-refractivity contribution in [2.75, 3.05) is 16.2 Å². The van der Waals surface area contributed by atoms with E-state index >= 15 is 0 Å². The summed E-state index contributed by atoms with van der Waals surface area (Å²) in [5, 5.41) is 2.57. The summed E-state index contributed by atoms with van der Waals surface area (Å²) < 4.78 is 56.3. The average molecular weight is 446 g/mol. The van der Waals surface area contributed by atoms with Crippen LogP contribution in [0.3, 0.4) is 0 Å². The van der Waals surface area contributed by atoms with Crippen molar-refractivity contribution in [1.29, 1.82) is 0 Å².